The van der Waals surface area contributed by atoms with E-state index in [-0.39, 0.29) is 6.04 Å². The van der Waals surface area contributed by atoms with Crippen LogP contribution in [0.2, 0.25) is 0 Å². The van der Waals surface area contributed by atoms with Gasteiger partial charge in [0.1, 0.15) is 11.4 Å². The average Bonchev–Trinajstić information content (AvgIpc) is 2.94. The standard InChI is InChI=1S/C18H27N3O3S/c1-12(20-17(22)24-18(2,3)4)8-10-19-16(25)21-14-6-5-7-15-13(14)9-11-23-15/h5-7,12H,8-11H2,1-4H3,(H,20,22)(H2,19,21,25)/t12-/m1/s1. The molecule has 2 rings (SSSR count). The van der Waals surface area contributed by atoms with E-state index in [9.17, 15) is 4.79 Å². The Kier molecular flexibility index (Phi) is 6.47. The van der Waals surface area contributed by atoms with Gasteiger partial charge in [-0.25, -0.2) is 4.79 Å². The lowest BCUT2D eigenvalue weighted by Crippen LogP contribution is -2.40. The summed E-state index contributed by atoms with van der Waals surface area (Å²) < 4.78 is 10.8. The van der Waals surface area contributed by atoms with Crippen molar-refractivity contribution in [2.45, 2.75) is 52.2 Å². The molecule has 0 radical (unpaired) electrons. The number of fused-ring (bicyclic) bond motifs is 1. The normalized spacial score (nSPS) is 14.1. The maximum atomic E-state index is 11.7. The highest BCUT2D eigenvalue weighted by atomic mass is 32.1. The Morgan fingerprint density at radius 1 is 1.40 bits per heavy atom. The number of rotatable bonds is 5. The number of nitrogens with one attached hydrogen (secondary N) is 3. The van der Waals surface area contributed by atoms with Gasteiger partial charge in [-0.2, -0.15) is 0 Å². The minimum absolute atomic E-state index is 0.0143. The first kappa shape index (κ1) is 19.3. The molecule has 1 aromatic rings. The zero-order chi connectivity index (χ0) is 18.4. The highest BCUT2D eigenvalue weighted by molar-refractivity contribution is 7.80. The molecule has 6 nitrogen and oxygen atoms in total. The average molecular weight is 365 g/mol. The van der Waals surface area contributed by atoms with E-state index in [1.54, 1.807) is 0 Å². The number of ether oxygens (including phenoxy) is 2. The second kappa shape index (κ2) is 8.38. The van der Waals surface area contributed by atoms with Gasteiger partial charge in [0.25, 0.3) is 0 Å². The Hall–Kier alpha value is -2.02. The zero-order valence-corrected chi connectivity index (χ0v) is 16.1. The summed E-state index contributed by atoms with van der Waals surface area (Å²) in [6, 6.07) is 5.89. The third-order valence-electron chi connectivity index (χ3n) is 3.62. The van der Waals surface area contributed by atoms with Crippen molar-refractivity contribution < 1.29 is 14.3 Å². The number of alkyl carbamates (subject to hydrolysis) is 1. The first-order valence-corrected chi connectivity index (χ1v) is 8.94. The summed E-state index contributed by atoms with van der Waals surface area (Å²) in [5, 5.41) is 9.75. The van der Waals surface area contributed by atoms with E-state index in [1.165, 1.54) is 0 Å². The summed E-state index contributed by atoms with van der Waals surface area (Å²) in [7, 11) is 0. The van der Waals surface area contributed by atoms with E-state index < -0.39 is 11.7 Å². The molecule has 0 saturated heterocycles. The molecule has 0 fully saturated rings. The summed E-state index contributed by atoms with van der Waals surface area (Å²) in [5.41, 5.74) is 1.65. The first-order chi connectivity index (χ1) is 11.7. The molecule has 0 spiro atoms. The van der Waals surface area contributed by atoms with Gasteiger partial charge in [-0.1, -0.05) is 6.07 Å². The minimum atomic E-state index is -0.493. The Morgan fingerprint density at radius 3 is 2.88 bits per heavy atom. The van der Waals surface area contributed by atoms with Crippen LogP contribution >= 0.6 is 12.2 Å². The summed E-state index contributed by atoms with van der Waals surface area (Å²) >= 11 is 5.34. The lowest BCUT2D eigenvalue weighted by molar-refractivity contribution is 0.0507. The van der Waals surface area contributed by atoms with E-state index in [1.807, 2.05) is 45.9 Å². The topological polar surface area (TPSA) is 71.6 Å². The van der Waals surface area contributed by atoms with Crippen LogP contribution in [0, 0.1) is 0 Å². The minimum Gasteiger partial charge on any atom is -0.493 e. The first-order valence-electron chi connectivity index (χ1n) is 8.53. The number of hydrogen-bond donors (Lipinski definition) is 3. The van der Waals surface area contributed by atoms with Crippen LogP contribution < -0.4 is 20.7 Å². The second-order valence-electron chi connectivity index (χ2n) is 7.10. The van der Waals surface area contributed by atoms with Crippen molar-refractivity contribution in [1.29, 1.82) is 0 Å². The van der Waals surface area contributed by atoms with E-state index >= 15 is 0 Å². The number of hydrogen-bond acceptors (Lipinski definition) is 4. The highest BCUT2D eigenvalue weighted by Crippen LogP contribution is 2.31. The molecule has 1 amide bonds. The third kappa shape index (κ3) is 6.42. The molecule has 1 atom stereocenters. The molecule has 0 saturated carbocycles. The quantitative estimate of drug-likeness (QED) is 0.696. The third-order valence-corrected chi connectivity index (χ3v) is 3.86. The fourth-order valence-corrected chi connectivity index (χ4v) is 2.70. The van der Waals surface area contributed by atoms with Crippen molar-refractivity contribution >= 4 is 29.1 Å². The van der Waals surface area contributed by atoms with Crippen LogP contribution in [0.25, 0.3) is 0 Å². The monoisotopic (exact) mass is 365 g/mol. The van der Waals surface area contributed by atoms with Crippen molar-refractivity contribution in [1.82, 2.24) is 10.6 Å². The maximum absolute atomic E-state index is 11.7. The Bertz CT molecular complexity index is 628. The molecule has 7 heteroatoms. The molecule has 0 bridgehead atoms. The molecule has 0 aromatic heterocycles. The fourth-order valence-electron chi connectivity index (χ4n) is 2.49. The fraction of sp³-hybridized carbons (Fsp3) is 0.556. The Labute approximate surface area is 154 Å². The molecular formula is C18H27N3O3S. The van der Waals surface area contributed by atoms with E-state index in [4.69, 9.17) is 21.7 Å². The van der Waals surface area contributed by atoms with Crippen LogP contribution in [0.1, 0.15) is 39.7 Å². The van der Waals surface area contributed by atoms with Crippen LogP contribution in [0.15, 0.2) is 18.2 Å². The van der Waals surface area contributed by atoms with Crippen molar-refractivity contribution in [2.75, 3.05) is 18.5 Å². The Morgan fingerprint density at radius 2 is 2.16 bits per heavy atom. The molecule has 1 aliphatic rings. The molecule has 1 aromatic carbocycles. The SMILES string of the molecule is C[C@H](CCNC(=S)Nc1cccc2c1CCO2)NC(=O)OC(C)(C)C. The number of carbonyl (C=O) groups is 1. The Balaban J connectivity index is 1.70. The van der Waals surface area contributed by atoms with Crippen molar-refractivity contribution in [3.8, 4) is 5.75 Å². The predicted octanol–water partition coefficient (Wildman–Crippen LogP) is 3.21. The van der Waals surface area contributed by atoms with Gasteiger partial charge in [-0.05, 0) is 58.5 Å². The van der Waals surface area contributed by atoms with Crippen LogP contribution in [-0.2, 0) is 11.2 Å². The largest absolute Gasteiger partial charge is 0.493 e. The van der Waals surface area contributed by atoms with Crippen molar-refractivity contribution in [3.05, 3.63) is 23.8 Å². The molecule has 1 heterocycles. The van der Waals surface area contributed by atoms with E-state index in [0.717, 1.165) is 29.8 Å². The second-order valence-corrected chi connectivity index (χ2v) is 7.51. The zero-order valence-electron chi connectivity index (χ0n) is 15.3. The van der Waals surface area contributed by atoms with Gasteiger partial charge >= 0.3 is 6.09 Å². The lowest BCUT2D eigenvalue weighted by Gasteiger charge is -2.22. The smallest absolute Gasteiger partial charge is 0.407 e. The highest BCUT2D eigenvalue weighted by Gasteiger charge is 2.18. The predicted molar refractivity (Wildman–Crippen MR) is 103 cm³/mol. The summed E-state index contributed by atoms with van der Waals surface area (Å²) in [4.78, 5) is 11.7. The lowest BCUT2D eigenvalue weighted by atomic mass is 10.1. The van der Waals surface area contributed by atoms with Gasteiger partial charge in [0, 0.05) is 30.3 Å². The van der Waals surface area contributed by atoms with Crippen LogP contribution in [0.3, 0.4) is 0 Å². The number of thiocarbonyl (C=S) groups is 1. The van der Waals surface area contributed by atoms with Gasteiger partial charge in [-0.3, -0.25) is 0 Å². The van der Waals surface area contributed by atoms with Gasteiger partial charge in [0.2, 0.25) is 0 Å². The van der Waals surface area contributed by atoms with Crippen LogP contribution in [-0.4, -0.2) is 36.0 Å². The van der Waals surface area contributed by atoms with Crippen molar-refractivity contribution in [2.24, 2.45) is 0 Å². The van der Waals surface area contributed by atoms with Gasteiger partial charge in [0.05, 0.1) is 6.61 Å². The van der Waals surface area contributed by atoms with Crippen molar-refractivity contribution in [3.63, 3.8) is 0 Å². The molecular weight excluding hydrogens is 338 g/mol. The summed E-state index contributed by atoms with van der Waals surface area (Å²) in [6.07, 6.45) is 1.22. The van der Waals surface area contributed by atoms with Crippen LogP contribution in [0.4, 0.5) is 10.5 Å². The van der Waals surface area contributed by atoms with Crippen LogP contribution in [0.5, 0.6) is 5.75 Å². The summed E-state index contributed by atoms with van der Waals surface area (Å²) in [6.45, 7) is 8.82. The van der Waals surface area contributed by atoms with Gasteiger partial charge < -0.3 is 25.4 Å². The van der Waals surface area contributed by atoms with E-state index in [0.29, 0.717) is 18.3 Å². The molecule has 25 heavy (non-hydrogen) atoms. The molecule has 1 aliphatic heterocycles. The number of benzene rings is 1. The molecule has 0 aliphatic carbocycles. The molecule has 138 valence electrons. The summed E-state index contributed by atoms with van der Waals surface area (Å²) in [5.74, 6) is 0.919. The van der Waals surface area contributed by atoms with E-state index in [2.05, 4.69) is 16.0 Å². The molecule has 0 unspecified atom stereocenters. The van der Waals surface area contributed by atoms with Gasteiger partial charge in [0.15, 0.2) is 5.11 Å². The number of amides is 1. The number of carbonyl (C=O) groups excluding carboxylic acids is 1. The maximum Gasteiger partial charge on any atom is 0.407 e. The number of anilines is 1. The van der Waals surface area contributed by atoms with Gasteiger partial charge in [-0.15, -0.1) is 0 Å². The molecule has 3 N–H and O–H groups in total.